The third-order valence-electron chi connectivity index (χ3n) is 3.90. The van der Waals surface area contributed by atoms with Crippen LogP contribution in [0.3, 0.4) is 0 Å². The molecule has 0 aliphatic carbocycles. The van der Waals surface area contributed by atoms with E-state index in [1.54, 1.807) is 18.2 Å². The minimum absolute atomic E-state index is 0.0120. The summed E-state index contributed by atoms with van der Waals surface area (Å²) in [5.41, 5.74) is 0.491. The number of hydrogen-bond donors (Lipinski definition) is 1. The Balaban J connectivity index is 1.89. The fourth-order valence-electron chi connectivity index (χ4n) is 2.57. The molecule has 0 radical (unpaired) electrons. The lowest BCUT2D eigenvalue weighted by molar-refractivity contribution is 0.0963. The minimum Gasteiger partial charge on any atom is -0.393 e. The normalized spacial score (nSPS) is 21.1. The van der Waals surface area contributed by atoms with E-state index in [0.717, 1.165) is 19.5 Å². The second-order valence-electron chi connectivity index (χ2n) is 5.36. The summed E-state index contributed by atoms with van der Waals surface area (Å²) in [6.07, 6.45) is 1.13. The number of aliphatic hydroxyl groups excluding tert-OH is 1. The van der Waals surface area contributed by atoms with Gasteiger partial charge in [-0.3, -0.25) is 4.79 Å². The molecule has 1 aromatic carbocycles. The molecule has 0 bridgehead atoms. The van der Waals surface area contributed by atoms with Gasteiger partial charge in [-0.05, 0) is 37.9 Å². The number of carbonyl (C=O) groups excluding carboxylic acids is 1. The summed E-state index contributed by atoms with van der Waals surface area (Å²) in [7, 11) is 0. The summed E-state index contributed by atoms with van der Waals surface area (Å²) >= 11 is 12.0. The van der Waals surface area contributed by atoms with Gasteiger partial charge in [0.2, 0.25) is 0 Å². The predicted molar refractivity (Wildman–Crippen MR) is 81.6 cm³/mol. The monoisotopic (exact) mass is 315 g/mol. The lowest BCUT2D eigenvalue weighted by Gasteiger charge is -2.17. The van der Waals surface area contributed by atoms with Crippen LogP contribution in [-0.4, -0.2) is 41.5 Å². The molecule has 1 aliphatic rings. The number of nitrogens with zero attached hydrogens (tertiary/aromatic N) is 1. The highest BCUT2D eigenvalue weighted by Gasteiger charge is 2.26. The number of ketones is 1. The van der Waals surface area contributed by atoms with E-state index in [2.05, 4.69) is 4.90 Å². The van der Waals surface area contributed by atoms with E-state index in [1.165, 1.54) is 0 Å². The Kier molecular flexibility index (Phi) is 5.44. The number of aliphatic hydroxyl groups is 1. The SMILES string of the molecule is CC(O)C1CCN(CCC(=O)c2cccc(Cl)c2Cl)C1. The van der Waals surface area contributed by atoms with Gasteiger partial charge in [-0.15, -0.1) is 0 Å². The van der Waals surface area contributed by atoms with Crippen molar-refractivity contribution in [3.8, 4) is 0 Å². The third kappa shape index (κ3) is 3.73. The van der Waals surface area contributed by atoms with Crippen LogP contribution in [0.15, 0.2) is 18.2 Å². The van der Waals surface area contributed by atoms with E-state index in [9.17, 15) is 9.90 Å². The van der Waals surface area contributed by atoms with Crippen molar-refractivity contribution < 1.29 is 9.90 Å². The largest absolute Gasteiger partial charge is 0.393 e. The molecule has 1 saturated heterocycles. The summed E-state index contributed by atoms with van der Waals surface area (Å²) in [6, 6.07) is 5.12. The van der Waals surface area contributed by atoms with Crippen LogP contribution in [0.2, 0.25) is 10.0 Å². The Hall–Kier alpha value is -0.610. The lowest BCUT2D eigenvalue weighted by atomic mass is 10.0. The van der Waals surface area contributed by atoms with E-state index in [4.69, 9.17) is 23.2 Å². The predicted octanol–water partition coefficient (Wildman–Crippen LogP) is 3.27. The molecule has 20 heavy (non-hydrogen) atoms. The zero-order valence-electron chi connectivity index (χ0n) is 11.5. The third-order valence-corrected chi connectivity index (χ3v) is 4.72. The lowest BCUT2D eigenvalue weighted by Crippen LogP contribution is -2.26. The number of hydrogen-bond acceptors (Lipinski definition) is 3. The van der Waals surface area contributed by atoms with Crippen molar-refractivity contribution in [1.29, 1.82) is 0 Å². The highest BCUT2D eigenvalue weighted by Crippen LogP contribution is 2.27. The minimum atomic E-state index is -0.280. The number of rotatable bonds is 5. The van der Waals surface area contributed by atoms with Gasteiger partial charge < -0.3 is 10.0 Å². The van der Waals surface area contributed by atoms with Crippen molar-refractivity contribution in [2.24, 2.45) is 5.92 Å². The number of halogens is 2. The topological polar surface area (TPSA) is 40.5 Å². The van der Waals surface area contributed by atoms with Crippen molar-refractivity contribution >= 4 is 29.0 Å². The van der Waals surface area contributed by atoms with Crippen LogP contribution in [0, 0.1) is 5.92 Å². The van der Waals surface area contributed by atoms with Crippen LogP contribution in [-0.2, 0) is 0 Å². The summed E-state index contributed by atoms with van der Waals surface area (Å²) < 4.78 is 0. The van der Waals surface area contributed by atoms with E-state index in [-0.39, 0.29) is 11.9 Å². The van der Waals surface area contributed by atoms with Gasteiger partial charge in [0, 0.05) is 25.1 Å². The first-order chi connectivity index (χ1) is 9.49. The summed E-state index contributed by atoms with van der Waals surface area (Å²) in [4.78, 5) is 14.4. The molecule has 2 atom stereocenters. The molecule has 1 aromatic rings. The highest BCUT2D eigenvalue weighted by molar-refractivity contribution is 6.43. The van der Waals surface area contributed by atoms with Crippen LogP contribution < -0.4 is 0 Å². The molecule has 1 heterocycles. The Morgan fingerprint density at radius 1 is 1.50 bits per heavy atom. The molecule has 1 fully saturated rings. The van der Waals surface area contributed by atoms with Crippen LogP contribution in [0.5, 0.6) is 0 Å². The van der Waals surface area contributed by atoms with Gasteiger partial charge in [0.15, 0.2) is 5.78 Å². The smallest absolute Gasteiger partial charge is 0.165 e. The molecule has 0 spiro atoms. The molecular formula is C15H19Cl2NO2. The van der Waals surface area contributed by atoms with Crippen molar-refractivity contribution in [2.75, 3.05) is 19.6 Å². The standard InChI is InChI=1S/C15H19Cl2NO2/c1-10(19)11-5-7-18(9-11)8-6-14(20)12-3-2-4-13(16)15(12)17/h2-4,10-11,19H,5-9H2,1H3. The molecule has 2 unspecified atom stereocenters. The van der Waals surface area contributed by atoms with E-state index in [1.807, 2.05) is 6.92 Å². The first kappa shape index (κ1) is 15.8. The summed E-state index contributed by atoms with van der Waals surface area (Å²) in [6.45, 7) is 4.32. The highest BCUT2D eigenvalue weighted by atomic mass is 35.5. The second kappa shape index (κ2) is 6.90. The van der Waals surface area contributed by atoms with Gasteiger partial charge in [-0.25, -0.2) is 0 Å². The first-order valence-corrected chi connectivity index (χ1v) is 7.62. The van der Waals surface area contributed by atoms with Gasteiger partial charge in [0.05, 0.1) is 16.1 Å². The van der Waals surface area contributed by atoms with Gasteiger partial charge in [0.25, 0.3) is 0 Å². The Labute approximate surface area is 129 Å². The average molecular weight is 316 g/mol. The molecule has 1 N–H and O–H groups in total. The number of benzene rings is 1. The van der Waals surface area contributed by atoms with Gasteiger partial charge in [0.1, 0.15) is 0 Å². The van der Waals surface area contributed by atoms with Crippen molar-refractivity contribution in [1.82, 2.24) is 4.90 Å². The Bertz CT molecular complexity index is 491. The fraction of sp³-hybridized carbons (Fsp3) is 0.533. The Morgan fingerprint density at radius 3 is 2.90 bits per heavy atom. The van der Waals surface area contributed by atoms with E-state index in [0.29, 0.717) is 34.5 Å². The van der Waals surface area contributed by atoms with Crippen LogP contribution in [0.1, 0.15) is 30.1 Å². The van der Waals surface area contributed by atoms with Gasteiger partial charge in [-0.2, -0.15) is 0 Å². The molecule has 0 aromatic heterocycles. The van der Waals surface area contributed by atoms with E-state index >= 15 is 0 Å². The molecule has 2 rings (SSSR count). The van der Waals surface area contributed by atoms with E-state index < -0.39 is 0 Å². The zero-order chi connectivity index (χ0) is 14.7. The van der Waals surface area contributed by atoms with Gasteiger partial charge >= 0.3 is 0 Å². The molecule has 0 saturated carbocycles. The quantitative estimate of drug-likeness (QED) is 0.848. The summed E-state index contributed by atoms with van der Waals surface area (Å²) in [5, 5.41) is 10.3. The second-order valence-corrected chi connectivity index (χ2v) is 6.15. The Morgan fingerprint density at radius 2 is 2.25 bits per heavy atom. The van der Waals surface area contributed by atoms with Crippen LogP contribution in [0.25, 0.3) is 0 Å². The maximum Gasteiger partial charge on any atom is 0.165 e. The van der Waals surface area contributed by atoms with Crippen LogP contribution >= 0.6 is 23.2 Å². The number of carbonyl (C=O) groups is 1. The molecule has 3 nitrogen and oxygen atoms in total. The van der Waals surface area contributed by atoms with Crippen LogP contribution in [0.4, 0.5) is 0 Å². The first-order valence-electron chi connectivity index (χ1n) is 6.86. The maximum atomic E-state index is 12.2. The molecule has 5 heteroatoms. The molecule has 0 amide bonds. The molecule has 110 valence electrons. The van der Waals surface area contributed by atoms with Crippen molar-refractivity contribution in [3.63, 3.8) is 0 Å². The molecular weight excluding hydrogens is 297 g/mol. The zero-order valence-corrected chi connectivity index (χ0v) is 13.0. The number of Topliss-reactive ketones (excluding diaryl/α,β-unsaturated/α-hetero) is 1. The van der Waals surface area contributed by atoms with Crippen molar-refractivity contribution in [2.45, 2.75) is 25.9 Å². The summed E-state index contributed by atoms with van der Waals surface area (Å²) in [5.74, 6) is 0.331. The van der Waals surface area contributed by atoms with Gasteiger partial charge in [-0.1, -0.05) is 29.3 Å². The average Bonchev–Trinajstić information content (AvgIpc) is 2.88. The molecule has 1 aliphatic heterocycles. The van der Waals surface area contributed by atoms with Crippen molar-refractivity contribution in [3.05, 3.63) is 33.8 Å². The maximum absolute atomic E-state index is 12.2. The number of likely N-dealkylation sites (tertiary alicyclic amines) is 1. The fourth-order valence-corrected chi connectivity index (χ4v) is 2.98.